The van der Waals surface area contributed by atoms with Crippen LogP contribution in [0.15, 0.2) is 24.3 Å². The molecule has 1 aromatic rings. The topological polar surface area (TPSA) is 78.5 Å². The second-order valence-electron chi connectivity index (χ2n) is 7.18. The zero-order valence-electron chi connectivity index (χ0n) is 14.7. The second-order valence-corrected chi connectivity index (χ2v) is 7.18. The third-order valence-electron chi connectivity index (χ3n) is 5.05. The van der Waals surface area contributed by atoms with Crippen LogP contribution in [0.2, 0.25) is 0 Å². The van der Waals surface area contributed by atoms with Crippen molar-refractivity contribution in [3.63, 3.8) is 0 Å². The molecule has 3 rings (SSSR count). The van der Waals surface area contributed by atoms with E-state index < -0.39 is 6.04 Å². The zero-order valence-corrected chi connectivity index (χ0v) is 14.7. The number of carbonyl (C=O) groups is 3. The first-order valence-corrected chi connectivity index (χ1v) is 8.94. The SMILES string of the molecule is CC(=O)Nc1ccc(N2C(=O)C[C@H](NC3CCC(C)CC3)C2=O)cc1. The first kappa shape index (κ1) is 17.6. The van der Waals surface area contributed by atoms with Crippen LogP contribution in [0.1, 0.15) is 46.0 Å². The van der Waals surface area contributed by atoms with Gasteiger partial charge in [-0.2, -0.15) is 0 Å². The van der Waals surface area contributed by atoms with Gasteiger partial charge in [0.2, 0.25) is 11.8 Å². The molecule has 1 aromatic carbocycles. The van der Waals surface area contributed by atoms with Gasteiger partial charge in [-0.25, -0.2) is 4.90 Å². The lowest BCUT2D eigenvalue weighted by Crippen LogP contribution is -2.45. The van der Waals surface area contributed by atoms with Gasteiger partial charge in [0.1, 0.15) is 0 Å². The summed E-state index contributed by atoms with van der Waals surface area (Å²) in [7, 11) is 0. The Labute approximate surface area is 148 Å². The van der Waals surface area contributed by atoms with Crippen LogP contribution in [0.3, 0.4) is 0 Å². The monoisotopic (exact) mass is 343 g/mol. The summed E-state index contributed by atoms with van der Waals surface area (Å²) in [5, 5.41) is 6.06. The number of amides is 3. The van der Waals surface area contributed by atoms with E-state index in [9.17, 15) is 14.4 Å². The summed E-state index contributed by atoms with van der Waals surface area (Å²) in [5.74, 6) is 0.222. The predicted molar refractivity (Wildman–Crippen MR) is 96.2 cm³/mol. The molecule has 1 aliphatic heterocycles. The Morgan fingerprint density at radius 2 is 1.72 bits per heavy atom. The van der Waals surface area contributed by atoms with E-state index >= 15 is 0 Å². The van der Waals surface area contributed by atoms with Gasteiger partial charge in [-0.05, 0) is 55.9 Å². The standard InChI is InChI=1S/C19H25N3O3/c1-12-3-5-15(6-4-12)21-17-11-18(24)22(19(17)25)16-9-7-14(8-10-16)20-13(2)23/h7-10,12,15,17,21H,3-6,11H2,1-2H3,(H,20,23)/t12?,15?,17-/m0/s1. The van der Waals surface area contributed by atoms with E-state index in [0.717, 1.165) is 18.8 Å². The van der Waals surface area contributed by atoms with Crippen LogP contribution in [0.5, 0.6) is 0 Å². The molecule has 1 saturated carbocycles. The molecule has 0 bridgehead atoms. The third kappa shape index (κ3) is 4.07. The number of anilines is 2. The fraction of sp³-hybridized carbons (Fsp3) is 0.526. The van der Waals surface area contributed by atoms with E-state index in [0.29, 0.717) is 17.4 Å². The molecule has 6 heteroatoms. The molecule has 1 saturated heterocycles. The summed E-state index contributed by atoms with van der Waals surface area (Å²) in [5.41, 5.74) is 1.19. The van der Waals surface area contributed by atoms with Crippen molar-refractivity contribution in [2.24, 2.45) is 5.92 Å². The Morgan fingerprint density at radius 1 is 1.08 bits per heavy atom. The molecule has 2 N–H and O–H groups in total. The first-order chi connectivity index (χ1) is 11.9. The van der Waals surface area contributed by atoms with E-state index in [1.54, 1.807) is 24.3 Å². The van der Waals surface area contributed by atoms with E-state index in [2.05, 4.69) is 17.6 Å². The maximum atomic E-state index is 12.7. The Balaban J connectivity index is 1.65. The lowest BCUT2D eigenvalue weighted by Gasteiger charge is -2.28. The number of nitrogens with zero attached hydrogens (tertiary/aromatic N) is 1. The normalized spacial score (nSPS) is 26.8. The summed E-state index contributed by atoms with van der Waals surface area (Å²) >= 11 is 0. The van der Waals surface area contributed by atoms with Gasteiger partial charge in [-0.15, -0.1) is 0 Å². The molecule has 134 valence electrons. The van der Waals surface area contributed by atoms with Crippen LogP contribution in [0.25, 0.3) is 0 Å². The number of benzene rings is 1. The highest BCUT2D eigenvalue weighted by Crippen LogP contribution is 2.27. The van der Waals surface area contributed by atoms with Gasteiger partial charge >= 0.3 is 0 Å². The molecular formula is C19H25N3O3. The number of hydrogen-bond acceptors (Lipinski definition) is 4. The minimum Gasteiger partial charge on any atom is -0.326 e. The summed E-state index contributed by atoms with van der Waals surface area (Å²) < 4.78 is 0. The minimum atomic E-state index is -0.430. The van der Waals surface area contributed by atoms with Crippen molar-refractivity contribution in [3.8, 4) is 0 Å². The van der Waals surface area contributed by atoms with E-state index in [-0.39, 0.29) is 24.1 Å². The number of hydrogen-bond donors (Lipinski definition) is 2. The molecule has 0 unspecified atom stereocenters. The lowest BCUT2D eigenvalue weighted by molar-refractivity contribution is -0.122. The number of nitrogens with one attached hydrogen (secondary N) is 2. The van der Waals surface area contributed by atoms with E-state index in [1.165, 1.54) is 24.7 Å². The molecule has 0 radical (unpaired) electrons. The van der Waals surface area contributed by atoms with Gasteiger partial charge in [0.25, 0.3) is 5.91 Å². The molecule has 3 amide bonds. The average molecular weight is 343 g/mol. The number of carbonyl (C=O) groups excluding carboxylic acids is 3. The van der Waals surface area contributed by atoms with Gasteiger partial charge in [0.05, 0.1) is 18.2 Å². The van der Waals surface area contributed by atoms with Crippen LogP contribution in [0.4, 0.5) is 11.4 Å². The Morgan fingerprint density at radius 3 is 2.32 bits per heavy atom. The van der Waals surface area contributed by atoms with Gasteiger partial charge in [0, 0.05) is 18.7 Å². The first-order valence-electron chi connectivity index (χ1n) is 8.94. The third-order valence-corrected chi connectivity index (χ3v) is 5.05. The zero-order chi connectivity index (χ0) is 18.0. The van der Waals surface area contributed by atoms with Gasteiger partial charge in [0.15, 0.2) is 0 Å². The number of imide groups is 1. The van der Waals surface area contributed by atoms with Gasteiger partial charge in [-0.1, -0.05) is 6.92 Å². The largest absolute Gasteiger partial charge is 0.326 e. The maximum absolute atomic E-state index is 12.7. The summed E-state index contributed by atoms with van der Waals surface area (Å²) in [6.45, 7) is 3.69. The summed E-state index contributed by atoms with van der Waals surface area (Å²) in [6.07, 6.45) is 4.66. The average Bonchev–Trinajstić information content (AvgIpc) is 2.84. The molecular weight excluding hydrogens is 318 g/mol. The summed E-state index contributed by atoms with van der Waals surface area (Å²) in [4.78, 5) is 37.4. The minimum absolute atomic E-state index is 0.160. The Hall–Kier alpha value is -2.21. The second kappa shape index (κ2) is 7.35. The Bertz CT molecular complexity index is 663. The highest BCUT2D eigenvalue weighted by atomic mass is 16.2. The molecule has 1 atom stereocenters. The van der Waals surface area contributed by atoms with Crippen LogP contribution in [0, 0.1) is 5.92 Å². The molecule has 0 spiro atoms. The molecule has 6 nitrogen and oxygen atoms in total. The van der Waals surface area contributed by atoms with E-state index in [1.807, 2.05) is 0 Å². The van der Waals surface area contributed by atoms with Crippen LogP contribution in [-0.4, -0.2) is 29.8 Å². The quantitative estimate of drug-likeness (QED) is 0.823. The van der Waals surface area contributed by atoms with Crippen LogP contribution >= 0.6 is 0 Å². The Kier molecular flexibility index (Phi) is 5.18. The van der Waals surface area contributed by atoms with Crippen molar-refractivity contribution in [3.05, 3.63) is 24.3 Å². The van der Waals surface area contributed by atoms with Crippen molar-refractivity contribution < 1.29 is 14.4 Å². The fourth-order valence-electron chi connectivity index (χ4n) is 3.64. The highest BCUT2D eigenvalue weighted by molar-refractivity contribution is 6.22. The van der Waals surface area contributed by atoms with Crippen molar-refractivity contribution in [2.75, 3.05) is 10.2 Å². The molecule has 25 heavy (non-hydrogen) atoms. The van der Waals surface area contributed by atoms with Crippen molar-refractivity contribution >= 4 is 29.1 Å². The number of rotatable bonds is 4. The summed E-state index contributed by atoms with van der Waals surface area (Å²) in [6, 6.07) is 6.65. The van der Waals surface area contributed by atoms with Crippen molar-refractivity contribution in [2.45, 2.75) is 58.0 Å². The smallest absolute Gasteiger partial charge is 0.251 e. The predicted octanol–water partition coefficient (Wildman–Crippen LogP) is 2.45. The molecule has 2 aliphatic rings. The van der Waals surface area contributed by atoms with Gasteiger partial charge in [-0.3, -0.25) is 14.4 Å². The van der Waals surface area contributed by atoms with Crippen LogP contribution in [-0.2, 0) is 14.4 Å². The van der Waals surface area contributed by atoms with E-state index in [4.69, 9.17) is 0 Å². The maximum Gasteiger partial charge on any atom is 0.251 e. The molecule has 0 aromatic heterocycles. The van der Waals surface area contributed by atoms with Crippen LogP contribution < -0.4 is 15.5 Å². The molecule has 1 aliphatic carbocycles. The van der Waals surface area contributed by atoms with Crippen molar-refractivity contribution in [1.82, 2.24) is 5.32 Å². The lowest BCUT2D eigenvalue weighted by atomic mass is 9.87. The fourth-order valence-corrected chi connectivity index (χ4v) is 3.64. The van der Waals surface area contributed by atoms with Crippen molar-refractivity contribution in [1.29, 1.82) is 0 Å². The highest BCUT2D eigenvalue weighted by Gasteiger charge is 2.40. The molecule has 2 fully saturated rings. The van der Waals surface area contributed by atoms with Gasteiger partial charge < -0.3 is 10.6 Å². The molecule has 1 heterocycles.